The molecule has 0 saturated carbocycles. The highest BCUT2D eigenvalue weighted by molar-refractivity contribution is 9.10. The highest BCUT2D eigenvalue weighted by Crippen LogP contribution is 2.33. The first-order chi connectivity index (χ1) is 9.29. The van der Waals surface area contributed by atoms with Crippen LogP contribution in [0.15, 0.2) is 35.3 Å². The quantitative estimate of drug-likeness (QED) is 0.631. The number of halogens is 1. The molecule has 0 fully saturated rings. The van der Waals surface area contributed by atoms with Crippen molar-refractivity contribution >= 4 is 26.8 Å². The van der Waals surface area contributed by atoms with Crippen molar-refractivity contribution in [3.63, 3.8) is 0 Å². The first-order valence-electron chi connectivity index (χ1n) is 6.94. The van der Waals surface area contributed by atoms with Crippen LogP contribution in [-0.4, -0.2) is 11.5 Å². The van der Waals surface area contributed by atoms with E-state index in [1.807, 2.05) is 6.08 Å². The Morgan fingerprint density at radius 2 is 2.32 bits per heavy atom. The molecule has 2 heterocycles. The van der Waals surface area contributed by atoms with Crippen molar-refractivity contribution in [2.75, 3.05) is 6.54 Å². The Bertz CT molecular complexity index is 600. The maximum atomic E-state index is 3.80. The predicted molar refractivity (Wildman–Crippen MR) is 84.5 cm³/mol. The molecule has 0 saturated heterocycles. The smallest absolute Gasteiger partial charge is 0.0476 e. The van der Waals surface area contributed by atoms with E-state index in [-0.39, 0.29) is 0 Å². The number of unbranched alkanes of at least 4 members (excludes halogenated alkanes) is 1. The van der Waals surface area contributed by atoms with Gasteiger partial charge in [-0.3, -0.25) is 0 Å². The first kappa shape index (κ1) is 12.9. The zero-order valence-electron chi connectivity index (χ0n) is 11.0. The minimum absolute atomic E-state index is 0.467. The lowest BCUT2D eigenvalue weighted by atomic mass is 9.96. The molecule has 0 aliphatic carbocycles. The Hall–Kier alpha value is -1.06. The van der Waals surface area contributed by atoms with Crippen molar-refractivity contribution in [2.45, 2.75) is 31.7 Å². The van der Waals surface area contributed by atoms with Crippen LogP contribution in [0.5, 0.6) is 0 Å². The van der Waals surface area contributed by atoms with Gasteiger partial charge in [-0.1, -0.05) is 28.1 Å². The highest BCUT2D eigenvalue weighted by atomic mass is 79.9. The summed E-state index contributed by atoms with van der Waals surface area (Å²) in [6.07, 6.45) is 6.59. The van der Waals surface area contributed by atoms with Crippen molar-refractivity contribution in [1.29, 1.82) is 0 Å². The number of hydrogen-bond donors (Lipinski definition) is 2. The topological polar surface area (TPSA) is 27.8 Å². The van der Waals surface area contributed by atoms with E-state index in [2.05, 4.69) is 51.0 Å². The Labute approximate surface area is 122 Å². The second-order valence-corrected chi connectivity index (χ2v) is 6.10. The molecule has 1 aliphatic rings. The molecule has 0 unspecified atom stereocenters. The molecule has 1 aliphatic heterocycles. The zero-order chi connectivity index (χ0) is 13.2. The zero-order valence-corrected chi connectivity index (χ0v) is 12.6. The lowest BCUT2D eigenvalue weighted by Gasteiger charge is -2.24. The molecular weight excluding hydrogens is 300 g/mol. The summed E-state index contributed by atoms with van der Waals surface area (Å²) in [6.45, 7) is 4.88. The molecule has 0 bridgehead atoms. The molecule has 1 aromatic carbocycles. The van der Waals surface area contributed by atoms with Crippen LogP contribution in [0.3, 0.4) is 0 Å². The molecule has 2 aromatic rings. The number of fused-ring (bicyclic) bond motifs is 3. The van der Waals surface area contributed by atoms with Gasteiger partial charge in [0.1, 0.15) is 0 Å². The van der Waals surface area contributed by atoms with Crippen molar-refractivity contribution < 1.29 is 0 Å². The van der Waals surface area contributed by atoms with Crippen LogP contribution in [0.25, 0.3) is 10.9 Å². The maximum absolute atomic E-state index is 3.80. The Morgan fingerprint density at radius 3 is 3.16 bits per heavy atom. The number of hydrogen-bond acceptors (Lipinski definition) is 1. The van der Waals surface area contributed by atoms with Gasteiger partial charge < -0.3 is 10.3 Å². The number of aromatic nitrogens is 1. The number of allylic oxidation sites excluding steroid dienone is 1. The lowest BCUT2D eigenvalue weighted by Crippen LogP contribution is -2.29. The van der Waals surface area contributed by atoms with Gasteiger partial charge in [-0.2, -0.15) is 0 Å². The molecule has 0 spiro atoms. The van der Waals surface area contributed by atoms with E-state index in [4.69, 9.17) is 0 Å². The number of nitrogens with one attached hydrogen (secondary N) is 2. The fourth-order valence-corrected chi connectivity index (χ4v) is 3.36. The van der Waals surface area contributed by atoms with Gasteiger partial charge in [0.25, 0.3) is 0 Å². The largest absolute Gasteiger partial charge is 0.357 e. The van der Waals surface area contributed by atoms with Crippen molar-refractivity contribution in [2.24, 2.45) is 0 Å². The van der Waals surface area contributed by atoms with E-state index < -0.39 is 0 Å². The average molecular weight is 319 g/mol. The van der Waals surface area contributed by atoms with Crippen molar-refractivity contribution in [1.82, 2.24) is 10.3 Å². The fourth-order valence-electron chi connectivity index (χ4n) is 3.00. The van der Waals surface area contributed by atoms with E-state index in [9.17, 15) is 0 Å². The minimum atomic E-state index is 0.467. The SMILES string of the molecule is C=CCCC[C@H]1NCCc2c1[nH]c1cc(Br)ccc21. The van der Waals surface area contributed by atoms with Crippen molar-refractivity contribution in [3.05, 3.63) is 46.6 Å². The van der Waals surface area contributed by atoms with Gasteiger partial charge in [-0.25, -0.2) is 0 Å². The minimum Gasteiger partial charge on any atom is -0.357 e. The summed E-state index contributed by atoms with van der Waals surface area (Å²) in [5.74, 6) is 0. The fraction of sp³-hybridized carbons (Fsp3) is 0.375. The summed E-state index contributed by atoms with van der Waals surface area (Å²) in [5, 5.41) is 5.02. The summed E-state index contributed by atoms with van der Waals surface area (Å²) in [6, 6.07) is 7.00. The van der Waals surface area contributed by atoms with E-state index in [0.717, 1.165) is 23.9 Å². The van der Waals surface area contributed by atoms with Gasteiger partial charge >= 0.3 is 0 Å². The summed E-state index contributed by atoms with van der Waals surface area (Å²) >= 11 is 3.55. The Balaban J connectivity index is 1.95. The van der Waals surface area contributed by atoms with Gasteiger partial charge in [0.05, 0.1) is 0 Å². The standard InChI is InChI=1S/C16H19BrN2/c1-2-3-4-5-14-16-13(8-9-18-14)12-7-6-11(17)10-15(12)19-16/h2,6-7,10,14,18-19H,1,3-5,8-9H2/t14-/m1/s1. The van der Waals surface area contributed by atoms with Gasteiger partial charge in [-0.05, 0) is 49.9 Å². The number of rotatable bonds is 4. The highest BCUT2D eigenvalue weighted by Gasteiger charge is 2.23. The second-order valence-electron chi connectivity index (χ2n) is 5.18. The summed E-state index contributed by atoms with van der Waals surface area (Å²) < 4.78 is 1.13. The molecule has 2 N–H and O–H groups in total. The summed E-state index contributed by atoms with van der Waals surface area (Å²) in [4.78, 5) is 3.62. The molecule has 2 nitrogen and oxygen atoms in total. The summed E-state index contributed by atoms with van der Waals surface area (Å²) in [7, 11) is 0. The normalized spacial score (nSPS) is 18.5. The van der Waals surface area contributed by atoms with Gasteiger partial charge in [0, 0.05) is 27.1 Å². The monoisotopic (exact) mass is 318 g/mol. The molecule has 19 heavy (non-hydrogen) atoms. The number of H-pyrrole nitrogens is 1. The molecule has 0 radical (unpaired) electrons. The van der Waals surface area contributed by atoms with E-state index in [0.29, 0.717) is 6.04 Å². The third-order valence-electron chi connectivity index (χ3n) is 3.92. The molecule has 100 valence electrons. The molecule has 3 heteroatoms. The number of aromatic amines is 1. The first-order valence-corrected chi connectivity index (χ1v) is 7.73. The molecular formula is C16H19BrN2. The van der Waals surface area contributed by atoms with Crippen LogP contribution in [0.2, 0.25) is 0 Å². The van der Waals surface area contributed by atoms with Gasteiger partial charge in [-0.15, -0.1) is 6.58 Å². The van der Waals surface area contributed by atoms with Crippen LogP contribution in [0, 0.1) is 0 Å². The van der Waals surface area contributed by atoms with Gasteiger partial charge in [0.15, 0.2) is 0 Å². The second kappa shape index (κ2) is 5.51. The van der Waals surface area contributed by atoms with E-state index in [1.165, 1.54) is 35.0 Å². The van der Waals surface area contributed by atoms with Crippen LogP contribution in [0.4, 0.5) is 0 Å². The Morgan fingerprint density at radius 1 is 1.42 bits per heavy atom. The summed E-state index contributed by atoms with van der Waals surface area (Å²) in [5.41, 5.74) is 4.14. The van der Waals surface area contributed by atoms with Crippen LogP contribution in [-0.2, 0) is 6.42 Å². The molecule has 3 rings (SSSR count). The predicted octanol–water partition coefficient (Wildman–Crippen LogP) is 4.47. The third-order valence-corrected chi connectivity index (χ3v) is 4.41. The molecule has 0 amide bonds. The number of benzene rings is 1. The van der Waals surface area contributed by atoms with E-state index >= 15 is 0 Å². The molecule has 1 atom stereocenters. The maximum Gasteiger partial charge on any atom is 0.0476 e. The van der Waals surface area contributed by atoms with Crippen LogP contribution < -0.4 is 5.32 Å². The van der Waals surface area contributed by atoms with Crippen LogP contribution >= 0.6 is 15.9 Å². The van der Waals surface area contributed by atoms with Gasteiger partial charge in [0.2, 0.25) is 0 Å². The average Bonchev–Trinajstić information content (AvgIpc) is 2.77. The van der Waals surface area contributed by atoms with Crippen LogP contribution in [0.1, 0.15) is 36.6 Å². The van der Waals surface area contributed by atoms with Crippen molar-refractivity contribution in [3.8, 4) is 0 Å². The lowest BCUT2D eigenvalue weighted by molar-refractivity contribution is 0.457. The van der Waals surface area contributed by atoms with E-state index in [1.54, 1.807) is 0 Å². The Kier molecular flexibility index (Phi) is 3.76. The third kappa shape index (κ3) is 2.49. The molecule has 1 aromatic heterocycles.